The molecule has 0 saturated heterocycles. The SMILES string of the molecule is F[B-](F)(F)F.c1ccc2c(c1)Sc1ccccc1[S+]2c1ccc2c(c1)CCC2. The third-order valence-electron chi connectivity index (χ3n) is 4.66. The van der Waals surface area contributed by atoms with Crippen LogP contribution < -0.4 is 0 Å². The second-order valence-corrected chi connectivity index (χ2v) is 9.63. The largest absolute Gasteiger partial charge is 0.673 e. The van der Waals surface area contributed by atoms with Gasteiger partial charge in [-0.3, -0.25) is 0 Å². The zero-order valence-electron chi connectivity index (χ0n) is 14.9. The molecule has 3 aromatic carbocycles. The molecule has 144 valence electrons. The van der Waals surface area contributed by atoms with Crippen LogP contribution in [-0.4, -0.2) is 7.25 Å². The second-order valence-electron chi connectivity index (χ2n) is 6.58. The summed E-state index contributed by atoms with van der Waals surface area (Å²) in [7, 11) is -5.97. The van der Waals surface area contributed by atoms with Gasteiger partial charge in [0.15, 0.2) is 14.7 Å². The van der Waals surface area contributed by atoms with E-state index < -0.39 is 7.25 Å². The minimum atomic E-state index is -6.00. The number of rotatable bonds is 1. The predicted octanol–water partition coefficient (Wildman–Crippen LogP) is 7.04. The maximum absolute atomic E-state index is 9.75. The van der Waals surface area contributed by atoms with E-state index in [1.807, 2.05) is 11.8 Å². The molecule has 0 N–H and O–H groups in total. The van der Waals surface area contributed by atoms with Crippen molar-refractivity contribution in [2.75, 3.05) is 0 Å². The van der Waals surface area contributed by atoms with E-state index in [1.54, 1.807) is 11.1 Å². The molecule has 0 unspecified atom stereocenters. The third kappa shape index (κ3) is 4.25. The molecule has 1 heterocycles. The zero-order chi connectivity index (χ0) is 19.7. The molecule has 0 nitrogen and oxygen atoms in total. The lowest BCUT2D eigenvalue weighted by molar-refractivity contribution is 0.368. The van der Waals surface area contributed by atoms with Gasteiger partial charge in [0, 0.05) is 0 Å². The summed E-state index contributed by atoms with van der Waals surface area (Å²) in [6, 6.07) is 25.1. The van der Waals surface area contributed by atoms with Crippen LogP contribution in [0.15, 0.2) is 91.2 Å². The number of aryl methyl sites for hydroxylation is 2. The first kappa shape index (κ1) is 19.5. The van der Waals surface area contributed by atoms with E-state index >= 15 is 0 Å². The lowest BCUT2D eigenvalue weighted by Gasteiger charge is -2.19. The van der Waals surface area contributed by atoms with Gasteiger partial charge in [-0.05, 0) is 66.8 Å². The van der Waals surface area contributed by atoms with Gasteiger partial charge in [-0.15, -0.1) is 0 Å². The number of benzene rings is 3. The summed E-state index contributed by atoms with van der Waals surface area (Å²) in [5, 5.41) is 0. The van der Waals surface area contributed by atoms with Crippen LogP contribution in [0.5, 0.6) is 0 Å². The van der Waals surface area contributed by atoms with Crippen LogP contribution in [-0.2, 0) is 23.7 Å². The van der Waals surface area contributed by atoms with E-state index in [0.29, 0.717) is 0 Å². The van der Waals surface area contributed by atoms with Crippen molar-refractivity contribution in [3.63, 3.8) is 0 Å². The Balaban J connectivity index is 0.000000346. The molecule has 0 aromatic heterocycles. The average Bonchev–Trinajstić information content (AvgIpc) is 3.12. The summed E-state index contributed by atoms with van der Waals surface area (Å²) in [6.07, 6.45) is 3.82. The lowest BCUT2D eigenvalue weighted by Crippen LogP contribution is -2.11. The average molecular weight is 420 g/mol. The number of hydrogen-bond acceptors (Lipinski definition) is 1. The summed E-state index contributed by atoms with van der Waals surface area (Å²) < 4.78 is 39.0. The van der Waals surface area contributed by atoms with E-state index in [1.165, 1.54) is 43.7 Å². The van der Waals surface area contributed by atoms with E-state index in [4.69, 9.17) is 0 Å². The van der Waals surface area contributed by atoms with Crippen LogP contribution in [0, 0.1) is 0 Å². The van der Waals surface area contributed by atoms with Crippen LogP contribution in [0.1, 0.15) is 17.5 Å². The summed E-state index contributed by atoms with van der Waals surface area (Å²) >= 11 is 1.91. The zero-order valence-corrected chi connectivity index (χ0v) is 16.5. The highest BCUT2D eigenvalue weighted by molar-refractivity contribution is 8.04. The van der Waals surface area contributed by atoms with Crippen LogP contribution in [0.3, 0.4) is 0 Å². The van der Waals surface area contributed by atoms with Crippen molar-refractivity contribution in [1.82, 2.24) is 0 Å². The van der Waals surface area contributed by atoms with Gasteiger partial charge in [0.2, 0.25) is 0 Å². The van der Waals surface area contributed by atoms with Gasteiger partial charge in [-0.2, -0.15) is 0 Å². The first-order valence-electron chi connectivity index (χ1n) is 8.99. The van der Waals surface area contributed by atoms with Crippen molar-refractivity contribution in [3.05, 3.63) is 77.9 Å². The Morgan fingerprint density at radius 3 is 1.86 bits per heavy atom. The molecule has 0 atom stereocenters. The Morgan fingerprint density at radius 2 is 1.25 bits per heavy atom. The topological polar surface area (TPSA) is 0 Å². The van der Waals surface area contributed by atoms with Crippen molar-refractivity contribution < 1.29 is 17.3 Å². The third-order valence-corrected chi connectivity index (χ3v) is 8.39. The highest BCUT2D eigenvalue weighted by atomic mass is 32.2. The normalized spacial score (nSPS) is 15.1. The number of halogens is 4. The lowest BCUT2D eigenvalue weighted by atomic mass is 10.1. The van der Waals surface area contributed by atoms with Gasteiger partial charge in [0.25, 0.3) is 0 Å². The standard InChI is InChI=1S/C21H17S2.BF4/c1-3-10-20-18(8-1)22-19-9-2-4-11-21(19)23(20)17-13-12-15-6-5-7-16(15)14-17;2-1(3,4)5/h1-4,8-14H,5-7H2;/q+1;-1. The molecule has 0 spiro atoms. The van der Waals surface area contributed by atoms with Crippen molar-refractivity contribution in [3.8, 4) is 0 Å². The first-order valence-corrected chi connectivity index (χ1v) is 11.0. The summed E-state index contributed by atoms with van der Waals surface area (Å²) in [6.45, 7) is 0. The van der Waals surface area contributed by atoms with Crippen LogP contribution in [0.4, 0.5) is 17.3 Å². The Bertz CT molecular complexity index is 952. The van der Waals surface area contributed by atoms with Crippen molar-refractivity contribution in [2.24, 2.45) is 0 Å². The Morgan fingerprint density at radius 1 is 0.714 bits per heavy atom. The first-order chi connectivity index (χ1) is 13.4. The Hall–Kier alpha value is -1.86. The minimum Gasteiger partial charge on any atom is -0.418 e. The number of fused-ring (bicyclic) bond motifs is 3. The minimum absolute atomic E-state index is 0.0289. The van der Waals surface area contributed by atoms with Crippen LogP contribution in [0.25, 0.3) is 0 Å². The monoisotopic (exact) mass is 420 g/mol. The quantitative estimate of drug-likeness (QED) is 0.181. The van der Waals surface area contributed by atoms with E-state index in [-0.39, 0.29) is 10.9 Å². The molecule has 0 amide bonds. The molecular formula is C21H17BF4S2. The molecule has 0 bridgehead atoms. The fourth-order valence-electron chi connectivity index (χ4n) is 3.57. The highest BCUT2D eigenvalue weighted by Gasteiger charge is 2.38. The van der Waals surface area contributed by atoms with Gasteiger partial charge >= 0.3 is 7.25 Å². The fourth-order valence-corrected chi connectivity index (χ4v) is 7.37. The maximum Gasteiger partial charge on any atom is 0.673 e. The molecule has 0 fully saturated rings. The van der Waals surface area contributed by atoms with Crippen LogP contribution >= 0.6 is 11.8 Å². The molecule has 28 heavy (non-hydrogen) atoms. The predicted molar refractivity (Wildman–Crippen MR) is 108 cm³/mol. The van der Waals surface area contributed by atoms with Gasteiger partial charge < -0.3 is 17.3 Å². The number of hydrogen-bond donors (Lipinski definition) is 0. The van der Waals surface area contributed by atoms with E-state index in [0.717, 1.165) is 0 Å². The Kier molecular flexibility index (Phi) is 5.47. The molecule has 0 saturated carbocycles. The van der Waals surface area contributed by atoms with Gasteiger partial charge in [-0.25, -0.2) is 0 Å². The summed E-state index contributed by atoms with van der Waals surface area (Å²) in [5.41, 5.74) is 3.13. The van der Waals surface area contributed by atoms with Crippen molar-refractivity contribution in [2.45, 2.75) is 43.7 Å². The van der Waals surface area contributed by atoms with E-state index in [2.05, 4.69) is 66.7 Å². The molecule has 0 radical (unpaired) electrons. The second kappa shape index (κ2) is 7.87. The van der Waals surface area contributed by atoms with E-state index in [9.17, 15) is 17.3 Å². The molecule has 2 aliphatic rings. The van der Waals surface area contributed by atoms with Gasteiger partial charge in [0.05, 0.1) is 9.79 Å². The maximum atomic E-state index is 9.75. The van der Waals surface area contributed by atoms with Crippen LogP contribution in [0.2, 0.25) is 0 Å². The molecule has 5 rings (SSSR count). The summed E-state index contributed by atoms with van der Waals surface area (Å²) in [4.78, 5) is 7.26. The molecule has 1 aliphatic heterocycles. The fraction of sp³-hybridized carbons (Fsp3) is 0.143. The smallest absolute Gasteiger partial charge is 0.418 e. The molecule has 3 aromatic rings. The highest BCUT2D eigenvalue weighted by Crippen LogP contribution is 2.48. The summed E-state index contributed by atoms with van der Waals surface area (Å²) in [5.74, 6) is 0. The van der Waals surface area contributed by atoms with Crippen molar-refractivity contribution in [1.29, 1.82) is 0 Å². The van der Waals surface area contributed by atoms with Crippen molar-refractivity contribution >= 4 is 29.9 Å². The Labute approximate surface area is 168 Å². The van der Waals surface area contributed by atoms with Gasteiger partial charge in [0.1, 0.15) is 10.9 Å². The van der Waals surface area contributed by atoms with Gasteiger partial charge in [-0.1, -0.05) is 42.1 Å². The molecule has 7 heteroatoms. The molecular weight excluding hydrogens is 403 g/mol. The molecule has 1 aliphatic carbocycles.